The summed E-state index contributed by atoms with van der Waals surface area (Å²) < 4.78 is 31.8. The summed E-state index contributed by atoms with van der Waals surface area (Å²) in [5.41, 5.74) is 1.77. The first-order valence-corrected chi connectivity index (χ1v) is 6.41. The number of hydrogen-bond donors (Lipinski definition) is 1. The quantitative estimate of drug-likeness (QED) is 0.934. The van der Waals surface area contributed by atoms with Gasteiger partial charge in [0.1, 0.15) is 17.4 Å². The Morgan fingerprint density at radius 3 is 2.71 bits per heavy atom. The van der Waals surface area contributed by atoms with Crippen LogP contribution in [-0.2, 0) is 4.79 Å². The molecule has 0 unspecified atom stereocenters. The maximum atomic E-state index is 13.4. The average Bonchev–Trinajstić information content (AvgIpc) is 2.44. The molecule has 5 heteroatoms. The molecule has 0 radical (unpaired) electrons. The van der Waals surface area contributed by atoms with E-state index in [2.05, 4.69) is 5.32 Å². The molecule has 110 valence electrons. The maximum absolute atomic E-state index is 13.4. The Labute approximate surface area is 121 Å². The second kappa shape index (κ2) is 6.35. The SMILES string of the molecule is Cc1cccc(OCC(=O)Nc2cc(F)ccc2F)c1C. The van der Waals surface area contributed by atoms with Gasteiger partial charge in [0, 0.05) is 6.07 Å². The Balaban J connectivity index is 1.99. The van der Waals surface area contributed by atoms with Crippen LogP contribution in [0.15, 0.2) is 36.4 Å². The summed E-state index contributed by atoms with van der Waals surface area (Å²) in [6.07, 6.45) is 0. The monoisotopic (exact) mass is 291 g/mol. The van der Waals surface area contributed by atoms with E-state index in [1.165, 1.54) is 0 Å². The Kier molecular flexibility index (Phi) is 4.52. The molecule has 3 nitrogen and oxygen atoms in total. The van der Waals surface area contributed by atoms with E-state index in [9.17, 15) is 13.6 Å². The van der Waals surface area contributed by atoms with Gasteiger partial charge in [-0.15, -0.1) is 0 Å². The van der Waals surface area contributed by atoms with Crippen LogP contribution in [0.4, 0.5) is 14.5 Å². The van der Waals surface area contributed by atoms with Gasteiger partial charge >= 0.3 is 0 Å². The zero-order valence-electron chi connectivity index (χ0n) is 11.7. The van der Waals surface area contributed by atoms with Gasteiger partial charge in [-0.3, -0.25) is 4.79 Å². The number of amides is 1. The molecule has 0 aliphatic heterocycles. The van der Waals surface area contributed by atoms with Gasteiger partial charge in [-0.25, -0.2) is 8.78 Å². The number of benzene rings is 2. The minimum Gasteiger partial charge on any atom is -0.483 e. The molecule has 0 aliphatic rings. The number of hydrogen-bond acceptors (Lipinski definition) is 2. The van der Waals surface area contributed by atoms with Gasteiger partial charge in [0.25, 0.3) is 5.91 Å². The molecule has 0 aliphatic carbocycles. The van der Waals surface area contributed by atoms with E-state index in [-0.39, 0.29) is 12.3 Å². The van der Waals surface area contributed by atoms with Gasteiger partial charge in [-0.05, 0) is 43.2 Å². The Bertz CT molecular complexity index is 671. The molecule has 0 heterocycles. The zero-order valence-corrected chi connectivity index (χ0v) is 11.7. The van der Waals surface area contributed by atoms with Crippen molar-refractivity contribution in [3.63, 3.8) is 0 Å². The summed E-state index contributed by atoms with van der Waals surface area (Å²) in [6.45, 7) is 3.54. The second-order valence-electron chi connectivity index (χ2n) is 4.66. The summed E-state index contributed by atoms with van der Waals surface area (Å²) in [5.74, 6) is -1.29. The Morgan fingerprint density at radius 2 is 1.95 bits per heavy atom. The number of rotatable bonds is 4. The number of halogens is 2. The molecule has 1 amide bonds. The number of ether oxygens (including phenoxy) is 1. The van der Waals surface area contributed by atoms with Crippen molar-refractivity contribution in [2.75, 3.05) is 11.9 Å². The van der Waals surface area contributed by atoms with Crippen molar-refractivity contribution in [3.05, 3.63) is 59.2 Å². The third-order valence-electron chi connectivity index (χ3n) is 3.12. The molecule has 0 atom stereocenters. The first-order valence-electron chi connectivity index (χ1n) is 6.41. The molecule has 0 aromatic heterocycles. The molecule has 2 rings (SSSR count). The lowest BCUT2D eigenvalue weighted by Gasteiger charge is -2.11. The summed E-state index contributed by atoms with van der Waals surface area (Å²) in [7, 11) is 0. The third kappa shape index (κ3) is 3.78. The fraction of sp³-hybridized carbons (Fsp3) is 0.188. The predicted molar refractivity (Wildman–Crippen MR) is 76.4 cm³/mol. The van der Waals surface area contributed by atoms with Crippen LogP contribution in [0.25, 0.3) is 0 Å². The van der Waals surface area contributed by atoms with E-state index in [0.29, 0.717) is 5.75 Å². The topological polar surface area (TPSA) is 38.3 Å². The average molecular weight is 291 g/mol. The van der Waals surface area contributed by atoms with Crippen LogP contribution in [-0.4, -0.2) is 12.5 Å². The lowest BCUT2D eigenvalue weighted by atomic mass is 10.1. The molecule has 21 heavy (non-hydrogen) atoms. The van der Waals surface area contributed by atoms with Gasteiger partial charge in [-0.1, -0.05) is 12.1 Å². The maximum Gasteiger partial charge on any atom is 0.262 e. The van der Waals surface area contributed by atoms with Crippen LogP contribution in [0.1, 0.15) is 11.1 Å². The molecule has 1 N–H and O–H groups in total. The van der Waals surface area contributed by atoms with Crippen LogP contribution in [0.3, 0.4) is 0 Å². The fourth-order valence-electron chi connectivity index (χ4n) is 1.80. The molecule has 2 aromatic rings. The van der Waals surface area contributed by atoms with E-state index < -0.39 is 17.5 Å². The number of carbonyl (C=O) groups excluding carboxylic acids is 1. The normalized spacial score (nSPS) is 10.3. The van der Waals surface area contributed by atoms with E-state index >= 15 is 0 Å². The summed E-state index contributed by atoms with van der Waals surface area (Å²) in [4.78, 5) is 11.7. The van der Waals surface area contributed by atoms with Crippen LogP contribution in [0, 0.1) is 25.5 Å². The highest BCUT2D eigenvalue weighted by atomic mass is 19.1. The standard InChI is InChI=1S/C16H15F2NO2/c1-10-4-3-5-15(11(10)2)21-9-16(20)19-14-8-12(17)6-7-13(14)18/h3-8H,9H2,1-2H3,(H,19,20). The lowest BCUT2D eigenvalue weighted by molar-refractivity contribution is -0.118. The van der Waals surface area contributed by atoms with Crippen molar-refractivity contribution in [2.45, 2.75) is 13.8 Å². The number of carbonyl (C=O) groups is 1. The van der Waals surface area contributed by atoms with E-state index in [1.807, 2.05) is 26.0 Å². The molecule has 0 fully saturated rings. The molecular formula is C16H15F2NO2. The minimum absolute atomic E-state index is 0.204. The first-order chi connectivity index (χ1) is 9.97. The van der Waals surface area contributed by atoms with Crippen molar-refractivity contribution in [1.29, 1.82) is 0 Å². The van der Waals surface area contributed by atoms with E-state index in [1.54, 1.807) is 6.07 Å². The van der Waals surface area contributed by atoms with Gasteiger partial charge in [-0.2, -0.15) is 0 Å². The van der Waals surface area contributed by atoms with E-state index in [0.717, 1.165) is 29.3 Å². The molecular weight excluding hydrogens is 276 g/mol. The zero-order chi connectivity index (χ0) is 15.4. The molecule has 0 saturated heterocycles. The Hall–Kier alpha value is -2.43. The highest BCUT2D eigenvalue weighted by Gasteiger charge is 2.10. The number of aryl methyl sites for hydroxylation is 1. The number of anilines is 1. The van der Waals surface area contributed by atoms with Crippen LogP contribution >= 0.6 is 0 Å². The molecule has 0 saturated carbocycles. The highest BCUT2D eigenvalue weighted by Crippen LogP contribution is 2.20. The molecule has 0 bridgehead atoms. The van der Waals surface area contributed by atoms with Crippen molar-refractivity contribution in [2.24, 2.45) is 0 Å². The minimum atomic E-state index is -0.698. The van der Waals surface area contributed by atoms with Crippen LogP contribution < -0.4 is 10.1 Å². The van der Waals surface area contributed by atoms with Crippen molar-refractivity contribution < 1.29 is 18.3 Å². The van der Waals surface area contributed by atoms with Gasteiger partial charge in [0.2, 0.25) is 0 Å². The smallest absolute Gasteiger partial charge is 0.262 e. The highest BCUT2D eigenvalue weighted by molar-refractivity contribution is 5.92. The van der Waals surface area contributed by atoms with Crippen molar-refractivity contribution in [3.8, 4) is 5.75 Å². The largest absolute Gasteiger partial charge is 0.483 e. The number of nitrogens with one attached hydrogen (secondary N) is 1. The van der Waals surface area contributed by atoms with Crippen molar-refractivity contribution >= 4 is 11.6 Å². The first kappa shape index (κ1) is 15.0. The van der Waals surface area contributed by atoms with Crippen molar-refractivity contribution in [1.82, 2.24) is 0 Å². The van der Waals surface area contributed by atoms with Gasteiger partial charge in [0.05, 0.1) is 5.69 Å². The Morgan fingerprint density at radius 1 is 1.19 bits per heavy atom. The van der Waals surface area contributed by atoms with Crippen LogP contribution in [0.2, 0.25) is 0 Å². The molecule has 0 spiro atoms. The predicted octanol–water partition coefficient (Wildman–Crippen LogP) is 3.60. The van der Waals surface area contributed by atoms with E-state index in [4.69, 9.17) is 4.74 Å². The summed E-state index contributed by atoms with van der Waals surface area (Å²) in [6, 6.07) is 8.36. The van der Waals surface area contributed by atoms with Gasteiger partial charge in [0.15, 0.2) is 6.61 Å². The summed E-state index contributed by atoms with van der Waals surface area (Å²) in [5, 5.41) is 2.28. The molecule has 2 aromatic carbocycles. The summed E-state index contributed by atoms with van der Waals surface area (Å²) >= 11 is 0. The third-order valence-corrected chi connectivity index (χ3v) is 3.12. The van der Waals surface area contributed by atoms with Crippen LogP contribution in [0.5, 0.6) is 5.75 Å². The fourth-order valence-corrected chi connectivity index (χ4v) is 1.80. The lowest BCUT2D eigenvalue weighted by Crippen LogP contribution is -2.21. The van der Waals surface area contributed by atoms with Gasteiger partial charge < -0.3 is 10.1 Å². The second-order valence-corrected chi connectivity index (χ2v) is 4.66.